The van der Waals surface area contributed by atoms with Crippen LogP contribution in [-0.4, -0.2) is 41.5 Å². The van der Waals surface area contributed by atoms with Gasteiger partial charge in [0.1, 0.15) is 5.82 Å². The number of halogens is 1. The maximum atomic E-state index is 11.2. The molecule has 1 aromatic carbocycles. The van der Waals surface area contributed by atoms with Crippen molar-refractivity contribution in [1.82, 2.24) is 15.6 Å². The number of nitrogens with zero attached hydrogens (tertiary/aromatic N) is 4. The molecule has 1 unspecified atom stereocenters. The Bertz CT molecular complexity index is 860. The Hall–Kier alpha value is -2.87. The molecule has 0 spiro atoms. The first-order valence-corrected chi connectivity index (χ1v) is 9.59. The average Bonchev–Trinajstić information content (AvgIpc) is 3.15. The zero-order valence-electron chi connectivity index (χ0n) is 15.6. The number of hydrogen-bond donors (Lipinski definition) is 2. The van der Waals surface area contributed by atoms with Crippen molar-refractivity contribution in [2.75, 3.05) is 24.5 Å². The van der Waals surface area contributed by atoms with Crippen molar-refractivity contribution in [2.45, 2.75) is 25.9 Å². The Morgan fingerprint density at radius 3 is 2.96 bits per heavy atom. The number of aliphatic imine (C=N–C) groups is 1. The number of guanidine groups is 1. The summed E-state index contributed by atoms with van der Waals surface area (Å²) in [5.74, 6) is 1.43. The van der Waals surface area contributed by atoms with Gasteiger partial charge in [-0.3, -0.25) is 10.1 Å². The largest absolute Gasteiger partial charge is 0.357 e. The first-order chi connectivity index (χ1) is 13.6. The van der Waals surface area contributed by atoms with Crippen LogP contribution in [0.15, 0.2) is 47.6 Å². The van der Waals surface area contributed by atoms with Gasteiger partial charge in [-0.05, 0) is 25.5 Å². The Labute approximate surface area is 168 Å². The van der Waals surface area contributed by atoms with E-state index in [1.54, 1.807) is 24.4 Å². The van der Waals surface area contributed by atoms with Gasteiger partial charge in [-0.2, -0.15) is 0 Å². The number of nitrogens with one attached hydrogen (secondary N) is 2. The predicted octanol–water partition coefficient (Wildman–Crippen LogP) is 2.98. The van der Waals surface area contributed by atoms with Crippen LogP contribution >= 0.6 is 11.6 Å². The zero-order valence-corrected chi connectivity index (χ0v) is 16.4. The molecule has 0 bridgehead atoms. The molecule has 2 N–H and O–H groups in total. The van der Waals surface area contributed by atoms with Gasteiger partial charge in [0.05, 0.1) is 22.1 Å². The Kier molecular flexibility index (Phi) is 6.65. The van der Waals surface area contributed by atoms with Crippen molar-refractivity contribution in [2.24, 2.45) is 4.99 Å². The minimum Gasteiger partial charge on any atom is -0.357 e. The van der Waals surface area contributed by atoms with Gasteiger partial charge in [0.2, 0.25) is 0 Å². The van der Waals surface area contributed by atoms with Crippen LogP contribution in [0, 0.1) is 10.1 Å². The molecule has 3 rings (SSSR count). The molecule has 1 atom stereocenters. The summed E-state index contributed by atoms with van der Waals surface area (Å²) >= 11 is 6.25. The summed E-state index contributed by atoms with van der Waals surface area (Å²) in [6.07, 6.45) is 2.66. The summed E-state index contributed by atoms with van der Waals surface area (Å²) < 4.78 is 0. The molecular weight excluding hydrogens is 380 g/mol. The number of pyridine rings is 1. The van der Waals surface area contributed by atoms with E-state index in [9.17, 15) is 10.1 Å². The third kappa shape index (κ3) is 4.89. The van der Waals surface area contributed by atoms with Crippen molar-refractivity contribution in [3.63, 3.8) is 0 Å². The lowest BCUT2D eigenvalue weighted by atomic mass is 10.2. The molecule has 1 fully saturated rings. The number of nitro benzene ring substituents is 1. The van der Waals surface area contributed by atoms with E-state index in [4.69, 9.17) is 11.6 Å². The topological polar surface area (TPSA) is 95.7 Å². The van der Waals surface area contributed by atoms with Crippen LogP contribution in [0.2, 0.25) is 5.02 Å². The summed E-state index contributed by atoms with van der Waals surface area (Å²) in [6, 6.07) is 10.5. The van der Waals surface area contributed by atoms with Crippen molar-refractivity contribution in [3.05, 3.63) is 63.3 Å². The molecule has 0 saturated carbocycles. The van der Waals surface area contributed by atoms with Gasteiger partial charge in [0.25, 0.3) is 5.69 Å². The summed E-state index contributed by atoms with van der Waals surface area (Å²) in [5.41, 5.74) is 0.664. The zero-order chi connectivity index (χ0) is 19.9. The molecule has 0 radical (unpaired) electrons. The van der Waals surface area contributed by atoms with Crippen molar-refractivity contribution in [1.29, 1.82) is 0 Å². The van der Waals surface area contributed by atoms with Gasteiger partial charge >= 0.3 is 0 Å². The van der Waals surface area contributed by atoms with E-state index in [1.807, 2.05) is 19.1 Å². The van der Waals surface area contributed by atoms with Crippen LogP contribution in [0.4, 0.5) is 11.5 Å². The summed E-state index contributed by atoms with van der Waals surface area (Å²) in [4.78, 5) is 21.8. The highest BCUT2D eigenvalue weighted by Crippen LogP contribution is 2.25. The number of benzene rings is 1. The Morgan fingerprint density at radius 2 is 2.21 bits per heavy atom. The van der Waals surface area contributed by atoms with E-state index >= 15 is 0 Å². The summed E-state index contributed by atoms with van der Waals surface area (Å²) in [7, 11) is 0. The lowest BCUT2D eigenvalue weighted by Crippen LogP contribution is -2.44. The molecule has 0 aliphatic carbocycles. The SMILES string of the molecule is CCNC(=NCc1ccccc1[N+](=O)[O-])NC1CCN(c2ncccc2Cl)C1. The van der Waals surface area contributed by atoms with E-state index in [1.165, 1.54) is 6.07 Å². The first-order valence-electron chi connectivity index (χ1n) is 9.21. The van der Waals surface area contributed by atoms with Gasteiger partial charge in [0, 0.05) is 37.9 Å². The van der Waals surface area contributed by atoms with Gasteiger partial charge < -0.3 is 15.5 Å². The fraction of sp³-hybridized carbons (Fsp3) is 0.368. The van der Waals surface area contributed by atoms with E-state index < -0.39 is 0 Å². The van der Waals surface area contributed by atoms with E-state index in [0.29, 0.717) is 23.1 Å². The van der Waals surface area contributed by atoms with Gasteiger partial charge in [0.15, 0.2) is 5.96 Å². The Morgan fingerprint density at radius 1 is 1.39 bits per heavy atom. The van der Waals surface area contributed by atoms with Crippen molar-refractivity contribution in [3.8, 4) is 0 Å². The number of para-hydroxylation sites is 1. The van der Waals surface area contributed by atoms with Crippen LogP contribution in [0.1, 0.15) is 18.9 Å². The molecule has 148 valence electrons. The average molecular weight is 403 g/mol. The van der Waals surface area contributed by atoms with E-state index in [0.717, 1.165) is 25.3 Å². The number of aromatic nitrogens is 1. The summed E-state index contributed by atoms with van der Waals surface area (Å²) in [6.45, 7) is 4.52. The van der Waals surface area contributed by atoms with Crippen LogP contribution < -0.4 is 15.5 Å². The minimum absolute atomic E-state index is 0.0823. The maximum Gasteiger partial charge on any atom is 0.274 e. The molecule has 9 heteroatoms. The number of anilines is 1. The highest BCUT2D eigenvalue weighted by Gasteiger charge is 2.25. The number of hydrogen-bond acceptors (Lipinski definition) is 5. The fourth-order valence-corrected chi connectivity index (χ4v) is 3.42. The lowest BCUT2D eigenvalue weighted by Gasteiger charge is -2.20. The van der Waals surface area contributed by atoms with Crippen LogP contribution in [0.5, 0.6) is 0 Å². The predicted molar refractivity (Wildman–Crippen MR) is 111 cm³/mol. The van der Waals surface area contributed by atoms with Gasteiger partial charge in [-0.15, -0.1) is 0 Å². The van der Waals surface area contributed by atoms with Crippen LogP contribution in [0.3, 0.4) is 0 Å². The monoisotopic (exact) mass is 402 g/mol. The second-order valence-corrected chi connectivity index (χ2v) is 6.87. The van der Waals surface area contributed by atoms with Crippen molar-refractivity contribution < 1.29 is 4.92 Å². The molecule has 2 aromatic rings. The molecular formula is C19H23ClN6O2. The number of nitro groups is 1. The van der Waals surface area contributed by atoms with Crippen LogP contribution in [0.25, 0.3) is 0 Å². The molecule has 1 aromatic heterocycles. The second kappa shape index (κ2) is 9.36. The highest BCUT2D eigenvalue weighted by atomic mass is 35.5. The first kappa shape index (κ1) is 19.9. The van der Waals surface area contributed by atoms with E-state index in [-0.39, 0.29) is 23.2 Å². The standard InChI is InChI=1S/C19H23ClN6O2/c1-2-21-19(23-12-14-6-3-4-8-17(14)26(27)28)24-15-9-11-25(13-15)18-16(20)7-5-10-22-18/h3-8,10,15H,2,9,11-13H2,1H3,(H2,21,23,24). The fourth-order valence-electron chi connectivity index (χ4n) is 3.18. The Balaban J connectivity index is 1.66. The lowest BCUT2D eigenvalue weighted by molar-refractivity contribution is -0.385. The van der Waals surface area contributed by atoms with Crippen LogP contribution in [-0.2, 0) is 6.54 Å². The number of rotatable bonds is 6. The second-order valence-electron chi connectivity index (χ2n) is 6.47. The highest BCUT2D eigenvalue weighted by molar-refractivity contribution is 6.32. The minimum atomic E-state index is -0.378. The molecule has 2 heterocycles. The third-order valence-electron chi connectivity index (χ3n) is 4.51. The smallest absolute Gasteiger partial charge is 0.274 e. The molecule has 1 aliphatic rings. The quantitative estimate of drug-likeness (QED) is 0.334. The normalized spacial score (nSPS) is 16.9. The molecule has 1 aliphatic heterocycles. The molecule has 1 saturated heterocycles. The van der Waals surface area contributed by atoms with Crippen molar-refractivity contribution >= 4 is 29.1 Å². The molecule has 28 heavy (non-hydrogen) atoms. The maximum absolute atomic E-state index is 11.2. The summed E-state index contributed by atoms with van der Waals surface area (Å²) in [5, 5.41) is 18.4. The van der Waals surface area contributed by atoms with Gasteiger partial charge in [-0.1, -0.05) is 29.8 Å². The third-order valence-corrected chi connectivity index (χ3v) is 4.80. The van der Waals surface area contributed by atoms with E-state index in [2.05, 4.69) is 25.5 Å². The van der Waals surface area contributed by atoms with Gasteiger partial charge in [-0.25, -0.2) is 9.98 Å². The molecule has 0 amide bonds. The molecule has 8 nitrogen and oxygen atoms in total.